The van der Waals surface area contributed by atoms with Gasteiger partial charge in [-0.05, 0) is 24.3 Å². The standard InChI is InChI=1S/C38H36N4S2.Pt/c1-37(2)29-19-11-13-25(35(29)43)21-34-40-32(24-42(34)28-17-9-6-10-18-28)38(3,4)30-20-12-14-26(36(30)44)22-33-39-31(37)23-41(33)27-15-7-5-8-16-27;/h5-20,23-24,43-44H,21-22H2,1-4H3;/q;+2/p-2. The molecule has 0 saturated carbocycles. The summed E-state index contributed by atoms with van der Waals surface area (Å²) in [5, 5.41) is 0. The van der Waals surface area contributed by atoms with E-state index < -0.39 is 10.8 Å². The molecule has 0 N–H and O–H groups in total. The summed E-state index contributed by atoms with van der Waals surface area (Å²) in [4.78, 5) is 12.4. The maximum atomic E-state index is 6.24. The molecule has 228 valence electrons. The van der Waals surface area contributed by atoms with E-state index in [9.17, 15) is 0 Å². The van der Waals surface area contributed by atoms with Crippen LogP contribution in [0.4, 0.5) is 0 Å². The molecule has 0 unspecified atom stereocenters. The Hall–Kier alpha value is -3.57. The van der Waals surface area contributed by atoms with E-state index >= 15 is 0 Å². The van der Waals surface area contributed by atoms with E-state index in [0.29, 0.717) is 12.8 Å². The first-order valence-electron chi connectivity index (χ1n) is 15.0. The van der Waals surface area contributed by atoms with Crippen LogP contribution in [-0.2, 0) is 70.0 Å². The number of benzene rings is 4. The van der Waals surface area contributed by atoms with E-state index in [2.05, 4.69) is 134 Å². The summed E-state index contributed by atoms with van der Waals surface area (Å²) in [5.41, 5.74) is 7.57. The monoisotopic (exact) mass is 805 g/mol. The molecular weight excluding hydrogens is 772 g/mol. The summed E-state index contributed by atoms with van der Waals surface area (Å²) in [6, 6.07) is 33.6. The maximum Gasteiger partial charge on any atom is 2.00 e. The van der Waals surface area contributed by atoms with E-state index in [1.165, 1.54) is 0 Å². The molecular formula is C38H34N4PtS2. The SMILES string of the molecule is CC1(C)c2cn(-c3ccccc3)c(n2)Cc2cccc(c2[S-])C(C)(C)c2cn(-c3ccccc3)c(n2)Cc2cccc1c2[S-].[Pt+2]. The molecule has 0 atom stereocenters. The number of imidazole rings is 2. The van der Waals surface area contributed by atoms with Crippen LogP contribution in [0.3, 0.4) is 0 Å². The number of hydrogen-bond donors (Lipinski definition) is 0. The summed E-state index contributed by atoms with van der Waals surface area (Å²) >= 11 is 12.5. The van der Waals surface area contributed by atoms with Crippen LogP contribution in [-0.4, -0.2) is 19.1 Å². The third-order valence-corrected chi connectivity index (χ3v) is 10.1. The van der Waals surface area contributed by atoms with Crippen LogP contribution < -0.4 is 0 Å². The van der Waals surface area contributed by atoms with Crippen molar-refractivity contribution in [3.63, 3.8) is 0 Å². The molecule has 7 rings (SSSR count). The quantitative estimate of drug-likeness (QED) is 0.166. The normalized spacial score (nSPS) is 14.8. The van der Waals surface area contributed by atoms with Gasteiger partial charge < -0.3 is 34.4 Å². The predicted molar refractivity (Wildman–Crippen MR) is 181 cm³/mol. The van der Waals surface area contributed by atoms with Crippen molar-refractivity contribution in [1.29, 1.82) is 0 Å². The Labute approximate surface area is 291 Å². The van der Waals surface area contributed by atoms with E-state index in [0.717, 1.165) is 66.5 Å². The van der Waals surface area contributed by atoms with Gasteiger partial charge in [-0.2, -0.15) is 9.79 Å². The second-order valence-corrected chi connectivity index (χ2v) is 13.5. The van der Waals surface area contributed by atoms with Crippen LogP contribution in [0.5, 0.6) is 0 Å². The number of hydrogen-bond acceptors (Lipinski definition) is 4. The Kier molecular flexibility index (Phi) is 8.36. The van der Waals surface area contributed by atoms with E-state index in [1.54, 1.807) is 0 Å². The molecule has 0 spiro atoms. The molecule has 8 bridgehead atoms. The molecule has 1 aliphatic heterocycles. The molecule has 0 aliphatic carbocycles. The molecule has 4 aromatic carbocycles. The van der Waals surface area contributed by atoms with E-state index in [1.807, 2.05) is 12.1 Å². The van der Waals surface area contributed by atoms with Crippen molar-refractivity contribution in [1.82, 2.24) is 19.1 Å². The van der Waals surface area contributed by atoms with Gasteiger partial charge in [-0.15, -0.1) is 0 Å². The Morgan fingerprint density at radius 1 is 0.533 bits per heavy atom. The second-order valence-electron chi connectivity index (χ2n) is 12.7. The first-order valence-corrected chi connectivity index (χ1v) is 15.8. The Morgan fingerprint density at radius 2 is 0.911 bits per heavy atom. The minimum absolute atomic E-state index is 0. The zero-order valence-corrected chi connectivity index (χ0v) is 29.6. The summed E-state index contributed by atoms with van der Waals surface area (Å²) in [7, 11) is 0. The average Bonchev–Trinajstić information content (AvgIpc) is 3.65. The Bertz CT molecular complexity index is 1850. The van der Waals surface area contributed by atoms with Gasteiger partial charge in [-0.1, -0.05) is 123 Å². The minimum atomic E-state index is -0.431. The molecule has 1 aliphatic rings. The van der Waals surface area contributed by atoms with Crippen LogP contribution in [0.1, 0.15) is 73.0 Å². The topological polar surface area (TPSA) is 35.6 Å². The van der Waals surface area contributed by atoms with Crippen LogP contribution in [0.2, 0.25) is 0 Å². The predicted octanol–water partition coefficient (Wildman–Crippen LogP) is 8.01. The summed E-state index contributed by atoms with van der Waals surface area (Å²) in [5.74, 6) is 1.90. The molecule has 6 aromatic rings. The smallest absolute Gasteiger partial charge is 0.779 e. The second kappa shape index (κ2) is 12.0. The molecule has 7 heteroatoms. The van der Waals surface area contributed by atoms with Crippen molar-refractivity contribution in [2.24, 2.45) is 0 Å². The van der Waals surface area contributed by atoms with Crippen LogP contribution in [0, 0.1) is 0 Å². The van der Waals surface area contributed by atoms with Gasteiger partial charge in [-0.25, -0.2) is 9.97 Å². The van der Waals surface area contributed by atoms with Gasteiger partial charge in [0.05, 0.1) is 11.4 Å². The summed E-state index contributed by atoms with van der Waals surface area (Å²) < 4.78 is 4.42. The van der Waals surface area contributed by atoms with Crippen molar-refractivity contribution in [3.05, 3.63) is 155 Å². The number of aromatic nitrogens is 4. The Balaban J connectivity index is 0.00000357. The summed E-state index contributed by atoms with van der Waals surface area (Å²) in [6.45, 7) is 8.88. The first kappa shape index (κ1) is 31.4. The van der Waals surface area contributed by atoms with Gasteiger partial charge >= 0.3 is 21.1 Å². The van der Waals surface area contributed by atoms with Crippen molar-refractivity contribution >= 4 is 25.3 Å². The average molecular weight is 806 g/mol. The van der Waals surface area contributed by atoms with E-state index in [4.69, 9.17) is 35.2 Å². The van der Waals surface area contributed by atoms with Crippen LogP contribution in [0.25, 0.3) is 11.4 Å². The van der Waals surface area contributed by atoms with Crippen molar-refractivity contribution in [2.75, 3.05) is 0 Å². The fourth-order valence-corrected chi connectivity index (χ4v) is 7.29. The van der Waals surface area contributed by atoms with Gasteiger partial charge in [0, 0.05) is 47.4 Å². The number of rotatable bonds is 2. The fraction of sp³-hybridized carbons (Fsp3) is 0.211. The molecule has 3 heterocycles. The molecule has 2 aromatic heterocycles. The van der Waals surface area contributed by atoms with Gasteiger partial charge in [0.1, 0.15) is 11.6 Å². The van der Waals surface area contributed by atoms with Crippen molar-refractivity contribution in [3.8, 4) is 11.4 Å². The third kappa shape index (κ3) is 5.47. The number of fused-ring (bicyclic) bond motifs is 8. The molecule has 0 saturated heterocycles. The van der Waals surface area contributed by atoms with Gasteiger partial charge in [0.15, 0.2) is 0 Å². The van der Waals surface area contributed by atoms with Crippen molar-refractivity contribution < 1.29 is 21.1 Å². The first-order chi connectivity index (χ1) is 21.1. The molecule has 4 nitrogen and oxygen atoms in total. The van der Waals surface area contributed by atoms with Crippen LogP contribution in [0.15, 0.2) is 119 Å². The molecule has 0 radical (unpaired) electrons. The summed E-state index contributed by atoms with van der Waals surface area (Å²) in [6.07, 6.45) is 5.57. The molecule has 45 heavy (non-hydrogen) atoms. The Morgan fingerprint density at radius 3 is 1.29 bits per heavy atom. The number of para-hydroxylation sites is 2. The van der Waals surface area contributed by atoms with Crippen LogP contribution >= 0.6 is 0 Å². The zero-order valence-electron chi connectivity index (χ0n) is 25.7. The van der Waals surface area contributed by atoms with Gasteiger partial charge in [0.2, 0.25) is 0 Å². The third-order valence-electron chi connectivity index (χ3n) is 9.14. The van der Waals surface area contributed by atoms with Gasteiger partial charge in [-0.3, -0.25) is 0 Å². The van der Waals surface area contributed by atoms with E-state index in [-0.39, 0.29) is 21.1 Å². The fourth-order valence-electron chi connectivity index (χ4n) is 6.36. The largest absolute Gasteiger partial charge is 2.00 e. The molecule has 0 amide bonds. The minimum Gasteiger partial charge on any atom is -0.779 e. The number of nitrogens with zero attached hydrogens (tertiary/aromatic N) is 4. The van der Waals surface area contributed by atoms with Crippen molar-refractivity contribution in [2.45, 2.75) is 61.2 Å². The molecule has 0 fully saturated rings. The van der Waals surface area contributed by atoms with Gasteiger partial charge in [0.25, 0.3) is 0 Å². The zero-order chi connectivity index (χ0) is 30.6. The maximum absolute atomic E-state index is 6.24.